The van der Waals surface area contributed by atoms with Gasteiger partial charge in [0.1, 0.15) is 5.75 Å². The average Bonchev–Trinajstić information content (AvgIpc) is 2.82. The number of aliphatic imine (C=N–C) groups is 1. The Hall–Kier alpha value is -3.22. The molecule has 1 aliphatic rings. The lowest BCUT2D eigenvalue weighted by Crippen LogP contribution is -2.52. The number of piperazine rings is 1. The van der Waals surface area contributed by atoms with Crippen LogP contribution in [0.2, 0.25) is 0 Å². The SMILES string of the molecule is CCNC(=NCc1ccccc1OCC)NCC(=O)N1CCN(c2ccccc2)CC1. The second-order valence-corrected chi connectivity index (χ2v) is 7.29. The molecule has 1 amide bonds. The first-order chi connectivity index (χ1) is 15.2. The lowest BCUT2D eigenvalue weighted by molar-refractivity contribution is -0.130. The van der Waals surface area contributed by atoms with Crippen molar-refractivity contribution in [2.75, 3.05) is 50.8 Å². The van der Waals surface area contributed by atoms with Gasteiger partial charge in [0.05, 0.1) is 19.7 Å². The molecule has 1 heterocycles. The standard InChI is InChI=1S/C24H33N5O2/c1-3-25-24(26-18-20-10-8-9-13-22(20)31-4-2)27-19-23(30)29-16-14-28(15-17-29)21-11-6-5-7-12-21/h5-13H,3-4,14-19H2,1-2H3,(H2,25,26,27). The summed E-state index contributed by atoms with van der Waals surface area (Å²) in [6.07, 6.45) is 0. The van der Waals surface area contributed by atoms with Crippen LogP contribution < -0.4 is 20.3 Å². The first-order valence-corrected chi connectivity index (χ1v) is 11.0. The van der Waals surface area contributed by atoms with Gasteiger partial charge in [-0.2, -0.15) is 0 Å². The third kappa shape index (κ3) is 6.64. The van der Waals surface area contributed by atoms with Gasteiger partial charge in [-0.25, -0.2) is 4.99 Å². The zero-order chi connectivity index (χ0) is 21.9. The molecule has 0 aromatic heterocycles. The molecule has 0 unspecified atom stereocenters. The lowest BCUT2D eigenvalue weighted by Gasteiger charge is -2.36. The molecular formula is C24H33N5O2. The van der Waals surface area contributed by atoms with Gasteiger partial charge in [0.15, 0.2) is 5.96 Å². The number of nitrogens with zero attached hydrogens (tertiary/aromatic N) is 3. The minimum absolute atomic E-state index is 0.0908. The number of carbonyl (C=O) groups excluding carboxylic acids is 1. The number of carbonyl (C=O) groups is 1. The summed E-state index contributed by atoms with van der Waals surface area (Å²) in [6, 6.07) is 18.2. The van der Waals surface area contributed by atoms with Crippen molar-refractivity contribution in [3.8, 4) is 5.75 Å². The summed E-state index contributed by atoms with van der Waals surface area (Å²) in [5, 5.41) is 6.39. The maximum absolute atomic E-state index is 12.7. The fourth-order valence-corrected chi connectivity index (χ4v) is 3.56. The highest BCUT2D eigenvalue weighted by molar-refractivity contribution is 5.86. The van der Waals surface area contributed by atoms with Gasteiger partial charge in [0, 0.05) is 44.0 Å². The Morgan fingerprint density at radius 2 is 1.68 bits per heavy atom. The first kappa shape index (κ1) is 22.5. The largest absolute Gasteiger partial charge is 0.494 e. The van der Waals surface area contributed by atoms with Gasteiger partial charge >= 0.3 is 0 Å². The van der Waals surface area contributed by atoms with Crippen LogP contribution in [0.3, 0.4) is 0 Å². The summed E-state index contributed by atoms with van der Waals surface area (Å²) in [5.74, 6) is 1.56. The van der Waals surface area contributed by atoms with Crippen LogP contribution >= 0.6 is 0 Å². The van der Waals surface area contributed by atoms with Gasteiger partial charge in [0.25, 0.3) is 0 Å². The van der Waals surface area contributed by atoms with Crippen molar-refractivity contribution in [2.24, 2.45) is 4.99 Å². The van der Waals surface area contributed by atoms with Gasteiger partial charge in [-0.3, -0.25) is 4.79 Å². The third-order valence-corrected chi connectivity index (χ3v) is 5.18. The summed E-state index contributed by atoms with van der Waals surface area (Å²) in [5.41, 5.74) is 2.23. The van der Waals surface area contributed by atoms with Crippen molar-refractivity contribution in [2.45, 2.75) is 20.4 Å². The van der Waals surface area contributed by atoms with E-state index in [2.05, 4.69) is 32.7 Å². The maximum Gasteiger partial charge on any atom is 0.242 e. The second-order valence-electron chi connectivity index (χ2n) is 7.29. The zero-order valence-electron chi connectivity index (χ0n) is 18.5. The number of benzene rings is 2. The van der Waals surface area contributed by atoms with E-state index < -0.39 is 0 Å². The molecule has 0 bridgehead atoms. The highest BCUT2D eigenvalue weighted by Crippen LogP contribution is 2.18. The molecular weight excluding hydrogens is 390 g/mol. The summed E-state index contributed by atoms with van der Waals surface area (Å²) >= 11 is 0. The number of ether oxygens (including phenoxy) is 1. The molecule has 0 saturated carbocycles. The van der Waals surface area contributed by atoms with E-state index in [-0.39, 0.29) is 12.5 Å². The molecule has 1 aliphatic heterocycles. The smallest absolute Gasteiger partial charge is 0.242 e. The van der Waals surface area contributed by atoms with E-state index in [1.165, 1.54) is 5.69 Å². The molecule has 7 heteroatoms. The summed E-state index contributed by atoms with van der Waals surface area (Å²) in [4.78, 5) is 21.6. The molecule has 166 valence electrons. The zero-order valence-corrected chi connectivity index (χ0v) is 18.5. The van der Waals surface area contributed by atoms with Crippen LogP contribution in [0.1, 0.15) is 19.4 Å². The molecule has 1 saturated heterocycles. The molecule has 2 N–H and O–H groups in total. The van der Waals surface area contributed by atoms with E-state index in [1.807, 2.05) is 61.2 Å². The van der Waals surface area contributed by atoms with Crippen LogP contribution in [-0.2, 0) is 11.3 Å². The Kier molecular flexibility index (Phi) is 8.58. The van der Waals surface area contributed by atoms with Crippen molar-refractivity contribution in [3.05, 3.63) is 60.2 Å². The molecule has 7 nitrogen and oxygen atoms in total. The molecule has 0 radical (unpaired) electrons. The van der Waals surface area contributed by atoms with Crippen LogP contribution in [-0.4, -0.2) is 62.6 Å². The van der Waals surface area contributed by atoms with Gasteiger partial charge in [-0.05, 0) is 32.0 Å². The normalized spacial score (nSPS) is 14.3. The van der Waals surface area contributed by atoms with Crippen molar-refractivity contribution < 1.29 is 9.53 Å². The van der Waals surface area contributed by atoms with Gasteiger partial charge in [-0.15, -0.1) is 0 Å². The van der Waals surface area contributed by atoms with Crippen molar-refractivity contribution >= 4 is 17.6 Å². The predicted octanol–water partition coefficient (Wildman–Crippen LogP) is 2.49. The molecule has 2 aromatic rings. The van der Waals surface area contributed by atoms with Crippen molar-refractivity contribution in [3.63, 3.8) is 0 Å². The summed E-state index contributed by atoms with van der Waals surface area (Å²) in [6.45, 7) is 9.17. The lowest BCUT2D eigenvalue weighted by atomic mass is 10.2. The van der Waals surface area contributed by atoms with Gasteiger partial charge in [0.2, 0.25) is 5.91 Å². The Balaban J connectivity index is 1.51. The van der Waals surface area contributed by atoms with Crippen molar-refractivity contribution in [1.29, 1.82) is 0 Å². The molecule has 0 spiro atoms. The predicted molar refractivity (Wildman–Crippen MR) is 126 cm³/mol. The number of amides is 1. The van der Waals surface area contributed by atoms with E-state index >= 15 is 0 Å². The van der Waals surface area contributed by atoms with Crippen LogP contribution in [0.15, 0.2) is 59.6 Å². The van der Waals surface area contributed by atoms with E-state index in [0.717, 1.165) is 44.0 Å². The monoisotopic (exact) mass is 423 g/mol. The highest BCUT2D eigenvalue weighted by Gasteiger charge is 2.21. The number of hydrogen-bond acceptors (Lipinski definition) is 4. The molecule has 0 aliphatic carbocycles. The van der Waals surface area contributed by atoms with Crippen molar-refractivity contribution in [1.82, 2.24) is 15.5 Å². The number of guanidine groups is 1. The molecule has 0 atom stereocenters. The summed E-state index contributed by atoms with van der Waals surface area (Å²) < 4.78 is 5.67. The average molecular weight is 424 g/mol. The number of hydrogen-bond donors (Lipinski definition) is 2. The fraction of sp³-hybridized carbons (Fsp3) is 0.417. The third-order valence-electron chi connectivity index (χ3n) is 5.18. The maximum atomic E-state index is 12.7. The number of anilines is 1. The molecule has 1 fully saturated rings. The Bertz CT molecular complexity index is 848. The highest BCUT2D eigenvalue weighted by atomic mass is 16.5. The molecule has 2 aromatic carbocycles. The number of rotatable bonds is 8. The molecule has 31 heavy (non-hydrogen) atoms. The minimum atomic E-state index is 0.0908. The van der Waals surface area contributed by atoms with E-state index in [9.17, 15) is 4.79 Å². The van der Waals surface area contributed by atoms with E-state index in [0.29, 0.717) is 19.1 Å². The topological polar surface area (TPSA) is 69.2 Å². The quantitative estimate of drug-likeness (QED) is 0.504. The van der Waals surface area contributed by atoms with Crippen LogP contribution in [0.5, 0.6) is 5.75 Å². The van der Waals surface area contributed by atoms with Crippen LogP contribution in [0.25, 0.3) is 0 Å². The van der Waals surface area contributed by atoms with Crippen LogP contribution in [0, 0.1) is 0 Å². The first-order valence-electron chi connectivity index (χ1n) is 11.0. The van der Waals surface area contributed by atoms with E-state index in [4.69, 9.17) is 4.74 Å². The van der Waals surface area contributed by atoms with Gasteiger partial charge in [-0.1, -0.05) is 36.4 Å². The van der Waals surface area contributed by atoms with Gasteiger partial charge < -0.3 is 25.2 Å². The van der Waals surface area contributed by atoms with E-state index in [1.54, 1.807) is 0 Å². The minimum Gasteiger partial charge on any atom is -0.494 e. The Labute approximate surface area is 185 Å². The second kappa shape index (κ2) is 11.8. The Morgan fingerprint density at radius 1 is 0.968 bits per heavy atom. The summed E-state index contributed by atoms with van der Waals surface area (Å²) in [7, 11) is 0. The van der Waals surface area contributed by atoms with Crippen LogP contribution in [0.4, 0.5) is 5.69 Å². The fourth-order valence-electron chi connectivity index (χ4n) is 3.56. The number of nitrogens with one attached hydrogen (secondary N) is 2. The molecule has 3 rings (SSSR count). The number of para-hydroxylation sites is 2. The Morgan fingerprint density at radius 3 is 2.39 bits per heavy atom.